The highest BCUT2D eigenvalue weighted by Crippen LogP contribution is 2.26. The lowest BCUT2D eigenvalue weighted by atomic mass is 9.82. The number of nitrogens with one attached hydrogen (secondary N) is 1. The fourth-order valence-corrected chi connectivity index (χ4v) is 2.29. The van der Waals surface area contributed by atoms with E-state index in [-0.39, 0.29) is 12.0 Å². The third-order valence-corrected chi connectivity index (χ3v) is 3.50. The van der Waals surface area contributed by atoms with Crippen LogP contribution < -0.4 is 5.32 Å². The minimum Gasteiger partial charge on any atom is -0.393 e. The van der Waals surface area contributed by atoms with Gasteiger partial charge in [-0.1, -0.05) is 0 Å². The normalized spacial score (nSPS) is 23.3. The molecule has 17 heavy (non-hydrogen) atoms. The van der Waals surface area contributed by atoms with Crippen molar-refractivity contribution in [2.45, 2.75) is 32.8 Å². The number of aromatic nitrogens is 2. The zero-order valence-electron chi connectivity index (χ0n) is 10.5. The number of hydrogen-bond acceptors (Lipinski definition) is 3. The van der Waals surface area contributed by atoms with Gasteiger partial charge in [0.05, 0.1) is 17.4 Å². The Balaban J connectivity index is 1.95. The van der Waals surface area contributed by atoms with Gasteiger partial charge < -0.3 is 10.4 Å². The van der Waals surface area contributed by atoms with E-state index < -0.39 is 0 Å². The van der Waals surface area contributed by atoms with E-state index in [4.69, 9.17) is 5.11 Å². The zero-order valence-corrected chi connectivity index (χ0v) is 10.5. The van der Waals surface area contributed by atoms with Crippen LogP contribution in [-0.2, 0) is 7.05 Å². The average Bonchev–Trinajstić information content (AvgIpc) is 2.46. The largest absolute Gasteiger partial charge is 0.393 e. The van der Waals surface area contributed by atoms with Crippen molar-refractivity contribution >= 4 is 5.91 Å². The summed E-state index contributed by atoms with van der Waals surface area (Å²) in [6.07, 6.45) is 1.43. The second kappa shape index (κ2) is 4.49. The van der Waals surface area contributed by atoms with E-state index in [0.29, 0.717) is 18.0 Å². The Labute approximate surface area is 101 Å². The number of nitrogens with zero attached hydrogens (tertiary/aromatic N) is 2. The maximum atomic E-state index is 12.0. The molecule has 1 aliphatic rings. The van der Waals surface area contributed by atoms with Crippen molar-refractivity contribution < 1.29 is 9.90 Å². The number of hydrogen-bond donors (Lipinski definition) is 2. The van der Waals surface area contributed by atoms with E-state index in [1.807, 2.05) is 20.9 Å². The lowest BCUT2D eigenvalue weighted by molar-refractivity contribution is 0.0420. The van der Waals surface area contributed by atoms with Crippen molar-refractivity contribution in [3.05, 3.63) is 17.0 Å². The summed E-state index contributed by atoms with van der Waals surface area (Å²) < 4.78 is 1.72. The molecule has 2 N–H and O–H groups in total. The maximum absolute atomic E-state index is 12.0. The lowest BCUT2D eigenvalue weighted by Gasteiger charge is -2.31. The van der Waals surface area contributed by atoms with E-state index in [0.717, 1.165) is 24.2 Å². The Morgan fingerprint density at radius 2 is 2.18 bits per heavy atom. The first kappa shape index (κ1) is 12.1. The van der Waals surface area contributed by atoms with Crippen LogP contribution in [0.15, 0.2) is 0 Å². The van der Waals surface area contributed by atoms with Gasteiger partial charge in [0.1, 0.15) is 0 Å². The number of carbonyl (C=O) groups is 1. The molecule has 2 rings (SSSR count). The Kier molecular flexibility index (Phi) is 3.19. The Bertz CT molecular complexity index is 433. The van der Waals surface area contributed by atoms with Gasteiger partial charge in [0.25, 0.3) is 5.91 Å². The maximum Gasteiger partial charge on any atom is 0.255 e. The van der Waals surface area contributed by atoms with Crippen LogP contribution >= 0.6 is 0 Å². The summed E-state index contributed by atoms with van der Waals surface area (Å²) in [5, 5.41) is 16.3. The molecule has 0 unspecified atom stereocenters. The first-order chi connectivity index (χ1) is 7.99. The van der Waals surface area contributed by atoms with E-state index in [1.54, 1.807) is 4.68 Å². The predicted octanol–water partition coefficient (Wildman–Crippen LogP) is 0.538. The van der Waals surface area contributed by atoms with Crippen LogP contribution in [0.1, 0.15) is 34.6 Å². The summed E-state index contributed by atoms with van der Waals surface area (Å²) in [7, 11) is 1.83. The average molecular weight is 237 g/mol. The summed E-state index contributed by atoms with van der Waals surface area (Å²) in [6, 6.07) is 0. The number of aryl methyl sites for hydroxylation is 2. The summed E-state index contributed by atoms with van der Waals surface area (Å²) in [6.45, 7) is 4.38. The molecule has 1 aliphatic carbocycles. The van der Waals surface area contributed by atoms with E-state index >= 15 is 0 Å². The van der Waals surface area contributed by atoms with Crippen LogP contribution in [0.4, 0.5) is 0 Å². The van der Waals surface area contributed by atoms with Crippen LogP contribution in [0.3, 0.4) is 0 Å². The molecule has 5 nitrogen and oxygen atoms in total. The molecular weight excluding hydrogens is 218 g/mol. The Hall–Kier alpha value is -1.36. The molecule has 1 aromatic rings. The summed E-state index contributed by atoms with van der Waals surface area (Å²) in [5.74, 6) is 0.362. The van der Waals surface area contributed by atoms with Crippen molar-refractivity contribution in [3.63, 3.8) is 0 Å². The molecule has 5 heteroatoms. The summed E-state index contributed by atoms with van der Waals surface area (Å²) in [4.78, 5) is 12.0. The molecule has 0 spiro atoms. The van der Waals surface area contributed by atoms with Crippen molar-refractivity contribution in [2.24, 2.45) is 13.0 Å². The van der Waals surface area contributed by atoms with Gasteiger partial charge in [-0.15, -0.1) is 0 Å². The van der Waals surface area contributed by atoms with E-state index in [1.165, 1.54) is 0 Å². The monoisotopic (exact) mass is 237 g/mol. The molecule has 1 amide bonds. The zero-order chi connectivity index (χ0) is 12.6. The quantitative estimate of drug-likeness (QED) is 0.806. The topological polar surface area (TPSA) is 67.2 Å². The molecule has 1 aromatic heterocycles. The molecule has 0 radical (unpaired) electrons. The van der Waals surface area contributed by atoms with Gasteiger partial charge in [-0.3, -0.25) is 9.48 Å². The standard InChI is InChI=1S/C12H19N3O2/c1-7-11(8(2)15(3)14-7)12(17)13-6-9-4-10(16)5-9/h9-10,16H,4-6H2,1-3H3,(H,13,17). The summed E-state index contributed by atoms with van der Waals surface area (Å²) in [5.41, 5.74) is 2.32. The highest BCUT2D eigenvalue weighted by Gasteiger charge is 2.27. The van der Waals surface area contributed by atoms with Gasteiger partial charge >= 0.3 is 0 Å². The van der Waals surface area contributed by atoms with Crippen molar-refractivity contribution in [2.75, 3.05) is 6.54 Å². The van der Waals surface area contributed by atoms with Crippen LogP contribution in [-0.4, -0.2) is 33.4 Å². The van der Waals surface area contributed by atoms with Crippen LogP contribution in [0.2, 0.25) is 0 Å². The highest BCUT2D eigenvalue weighted by atomic mass is 16.3. The molecule has 1 fully saturated rings. The molecule has 0 aromatic carbocycles. The number of aliphatic hydroxyl groups is 1. The number of amides is 1. The number of aliphatic hydroxyl groups excluding tert-OH is 1. The third-order valence-electron chi connectivity index (χ3n) is 3.50. The number of rotatable bonds is 3. The van der Waals surface area contributed by atoms with E-state index in [2.05, 4.69) is 10.4 Å². The van der Waals surface area contributed by atoms with Gasteiger partial charge in [0.2, 0.25) is 0 Å². The van der Waals surface area contributed by atoms with Gasteiger partial charge in [-0.25, -0.2) is 0 Å². The molecule has 94 valence electrons. The molecule has 1 saturated carbocycles. The molecule has 0 atom stereocenters. The van der Waals surface area contributed by atoms with Crippen molar-refractivity contribution in [3.8, 4) is 0 Å². The SMILES string of the molecule is Cc1nn(C)c(C)c1C(=O)NCC1CC(O)C1. The van der Waals surface area contributed by atoms with Crippen LogP contribution in [0, 0.1) is 19.8 Å². The van der Waals surface area contributed by atoms with Crippen LogP contribution in [0.5, 0.6) is 0 Å². The minimum atomic E-state index is -0.168. The molecule has 1 heterocycles. The first-order valence-corrected chi connectivity index (χ1v) is 5.95. The van der Waals surface area contributed by atoms with Crippen LogP contribution in [0.25, 0.3) is 0 Å². The predicted molar refractivity (Wildman–Crippen MR) is 63.7 cm³/mol. The second-order valence-corrected chi connectivity index (χ2v) is 4.87. The Morgan fingerprint density at radius 1 is 1.53 bits per heavy atom. The fraction of sp³-hybridized carbons (Fsp3) is 0.667. The van der Waals surface area contributed by atoms with E-state index in [9.17, 15) is 4.79 Å². The van der Waals surface area contributed by atoms with Crippen molar-refractivity contribution in [1.82, 2.24) is 15.1 Å². The van der Waals surface area contributed by atoms with Gasteiger partial charge in [-0.05, 0) is 32.6 Å². The molecule has 0 aliphatic heterocycles. The van der Waals surface area contributed by atoms with Gasteiger partial charge in [0, 0.05) is 19.3 Å². The lowest BCUT2D eigenvalue weighted by Crippen LogP contribution is -2.38. The first-order valence-electron chi connectivity index (χ1n) is 5.95. The third kappa shape index (κ3) is 2.34. The van der Waals surface area contributed by atoms with Gasteiger partial charge in [-0.2, -0.15) is 5.10 Å². The smallest absolute Gasteiger partial charge is 0.255 e. The minimum absolute atomic E-state index is 0.0607. The highest BCUT2D eigenvalue weighted by molar-refractivity contribution is 5.96. The second-order valence-electron chi connectivity index (χ2n) is 4.87. The molecule has 0 bridgehead atoms. The number of carbonyl (C=O) groups excluding carboxylic acids is 1. The molecular formula is C12H19N3O2. The molecule has 0 saturated heterocycles. The van der Waals surface area contributed by atoms with Crippen molar-refractivity contribution in [1.29, 1.82) is 0 Å². The Morgan fingerprint density at radius 3 is 2.65 bits per heavy atom. The fourth-order valence-electron chi connectivity index (χ4n) is 2.29. The van der Waals surface area contributed by atoms with Gasteiger partial charge in [0.15, 0.2) is 0 Å². The summed E-state index contributed by atoms with van der Waals surface area (Å²) >= 11 is 0.